The van der Waals surface area contributed by atoms with Gasteiger partial charge < -0.3 is 9.47 Å². The number of alkyl halides is 6. The molecule has 1 aliphatic rings. The van der Waals surface area contributed by atoms with Gasteiger partial charge in [0.25, 0.3) is 0 Å². The van der Waals surface area contributed by atoms with Gasteiger partial charge in [0.1, 0.15) is 11.5 Å². The molecule has 0 unspecified atom stereocenters. The molecule has 1 fully saturated rings. The molecule has 0 amide bonds. The number of rotatable bonds is 5. The van der Waals surface area contributed by atoms with Gasteiger partial charge >= 0.3 is 12.4 Å². The van der Waals surface area contributed by atoms with Crippen molar-refractivity contribution in [3.05, 3.63) is 47.5 Å². The third kappa shape index (κ3) is 5.28. The standard InChI is InChI=1S/C22H23F6O2P/c1-29-17-12-14(21(23,24)25)8-10-19(17)31(16-6-4-3-5-7-16)20-11-9-15(22(26,27)28)13-18(20)30-2/h8-13,16H,3-7H2,1-2H3. The van der Waals surface area contributed by atoms with E-state index in [1.165, 1.54) is 26.4 Å². The first-order chi connectivity index (χ1) is 14.6. The van der Waals surface area contributed by atoms with Gasteiger partial charge in [-0.25, -0.2) is 0 Å². The Hall–Kier alpha value is -1.95. The van der Waals surface area contributed by atoms with Crippen molar-refractivity contribution < 1.29 is 35.8 Å². The molecule has 0 N–H and O–H groups in total. The Labute approximate surface area is 178 Å². The summed E-state index contributed by atoms with van der Waals surface area (Å²) < 4.78 is 89.9. The molecule has 0 aromatic heterocycles. The zero-order valence-corrected chi connectivity index (χ0v) is 18.0. The second kappa shape index (κ2) is 9.27. The molecule has 0 heterocycles. The van der Waals surface area contributed by atoms with E-state index >= 15 is 0 Å². The van der Waals surface area contributed by atoms with Gasteiger partial charge in [0.2, 0.25) is 0 Å². The van der Waals surface area contributed by atoms with E-state index in [2.05, 4.69) is 0 Å². The third-order valence-electron chi connectivity index (χ3n) is 5.47. The molecule has 0 aliphatic heterocycles. The van der Waals surface area contributed by atoms with Gasteiger partial charge in [-0.05, 0) is 62.8 Å². The molecule has 0 radical (unpaired) electrons. The van der Waals surface area contributed by atoms with Gasteiger partial charge in [-0.2, -0.15) is 26.3 Å². The predicted molar refractivity (Wildman–Crippen MR) is 109 cm³/mol. The number of methoxy groups -OCH3 is 2. The lowest BCUT2D eigenvalue weighted by Crippen LogP contribution is -2.26. The highest BCUT2D eigenvalue weighted by atomic mass is 31.1. The molecule has 0 saturated heterocycles. The van der Waals surface area contributed by atoms with Gasteiger partial charge in [0, 0.05) is 10.6 Å². The number of benzene rings is 2. The van der Waals surface area contributed by atoms with Crippen LogP contribution in [0.2, 0.25) is 0 Å². The van der Waals surface area contributed by atoms with Crippen LogP contribution in [0.1, 0.15) is 43.2 Å². The molecular formula is C22H23F6O2P. The molecule has 2 nitrogen and oxygen atoms in total. The molecule has 9 heteroatoms. The zero-order chi connectivity index (χ0) is 22.8. The topological polar surface area (TPSA) is 18.5 Å². The van der Waals surface area contributed by atoms with Crippen LogP contribution in [0.4, 0.5) is 26.3 Å². The SMILES string of the molecule is COc1cc(C(F)(F)F)ccc1P(c1ccc(C(F)(F)F)cc1OC)C1CCCCC1. The average molecular weight is 464 g/mol. The Bertz CT molecular complexity index is 838. The minimum atomic E-state index is -4.52. The van der Waals surface area contributed by atoms with Gasteiger partial charge in [-0.15, -0.1) is 0 Å². The van der Waals surface area contributed by atoms with Crippen molar-refractivity contribution in [2.45, 2.75) is 50.1 Å². The van der Waals surface area contributed by atoms with E-state index in [1.54, 1.807) is 0 Å². The van der Waals surface area contributed by atoms with Crippen molar-refractivity contribution in [3.8, 4) is 11.5 Å². The van der Waals surface area contributed by atoms with Crippen LogP contribution in [-0.4, -0.2) is 19.9 Å². The summed E-state index contributed by atoms with van der Waals surface area (Å²) in [5.74, 6) is 0.182. The monoisotopic (exact) mass is 464 g/mol. The highest BCUT2D eigenvalue weighted by Crippen LogP contribution is 2.51. The zero-order valence-electron chi connectivity index (χ0n) is 17.1. The minimum Gasteiger partial charge on any atom is -0.496 e. The maximum atomic E-state index is 13.2. The van der Waals surface area contributed by atoms with Crippen molar-refractivity contribution in [2.24, 2.45) is 0 Å². The molecule has 1 aliphatic carbocycles. The lowest BCUT2D eigenvalue weighted by Gasteiger charge is -2.33. The smallest absolute Gasteiger partial charge is 0.416 e. The predicted octanol–water partition coefficient (Wildman–Crippen LogP) is 6.51. The van der Waals surface area contributed by atoms with E-state index in [-0.39, 0.29) is 17.2 Å². The van der Waals surface area contributed by atoms with Crippen molar-refractivity contribution in [1.82, 2.24) is 0 Å². The second-order valence-electron chi connectivity index (χ2n) is 7.43. The molecule has 3 rings (SSSR count). The average Bonchev–Trinajstić information content (AvgIpc) is 2.73. The normalized spacial score (nSPS) is 15.9. The van der Waals surface area contributed by atoms with Crippen LogP contribution in [0.15, 0.2) is 36.4 Å². The van der Waals surface area contributed by atoms with Gasteiger partial charge in [-0.1, -0.05) is 19.3 Å². The first-order valence-corrected chi connectivity index (χ1v) is 11.3. The first-order valence-electron chi connectivity index (χ1n) is 9.86. The van der Waals surface area contributed by atoms with E-state index in [9.17, 15) is 26.3 Å². The summed E-state index contributed by atoms with van der Waals surface area (Å²) in [5, 5.41) is 1.16. The fourth-order valence-corrected chi connectivity index (χ4v) is 7.15. The molecule has 0 atom stereocenters. The Morgan fingerprint density at radius 1 is 0.710 bits per heavy atom. The first kappa shape index (κ1) is 23.7. The Morgan fingerprint density at radius 2 is 1.13 bits per heavy atom. The van der Waals surface area contributed by atoms with E-state index in [1.807, 2.05) is 0 Å². The molecule has 0 spiro atoms. The van der Waals surface area contributed by atoms with Crippen molar-refractivity contribution in [3.63, 3.8) is 0 Å². The Balaban J connectivity index is 2.17. The third-order valence-corrected chi connectivity index (χ3v) is 8.50. The Morgan fingerprint density at radius 3 is 1.48 bits per heavy atom. The Kier molecular flexibility index (Phi) is 7.09. The van der Waals surface area contributed by atoms with Gasteiger partial charge in [0.05, 0.1) is 25.3 Å². The summed E-state index contributed by atoms with van der Waals surface area (Å²) in [6.45, 7) is 0. The molecule has 0 bridgehead atoms. The minimum absolute atomic E-state index is 0.0912. The van der Waals surface area contributed by atoms with Crippen molar-refractivity contribution in [1.29, 1.82) is 0 Å². The number of hydrogen-bond donors (Lipinski definition) is 0. The van der Waals surface area contributed by atoms with Crippen LogP contribution < -0.4 is 20.1 Å². The summed E-state index contributed by atoms with van der Waals surface area (Å²) in [7, 11) is 1.30. The quantitative estimate of drug-likeness (QED) is 0.371. The van der Waals surface area contributed by atoms with E-state index in [0.29, 0.717) is 10.6 Å². The van der Waals surface area contributed by atoms with E-state index in [0.717, 1.165) is 56.4 Å². The maximum Gasteiger partial charge on any atom is 0.416 e. The summed E-state index contributed by atoms with van der Waals surface area (Å²) in [4.78, 5) is 0. The molecule has 1 saturated carbocycles. The highest BCUT2D eigenvalue weighted by Gasteiger charge is 2.36. The van der Waals surface area contributed by atoms with Crippen LogP contribution in [0.3, 0.4) is 0 Å². The summed E-state index contributed by atoms with van der Waals surface area (Å²) >= 11 is 0. The highest BCUT2D eigenvalue weighted by molar-refractivity contribution is 7.74. The molecule has 31 heavy (non-hydrogen) atoms. The van der Waals surface area contributed by atoms with Crippen LogP contribution in [-0.2, 0) is 12.4 Å². The van der Waals surface area contributed by atoms with E-state index in [4.69, 9.17) is 9.47 Å². The fraction of sp³-hybridized carbons (Fsp3) is 0.455. The lowest BCUT2D eigenvalue weighted by atomic mass is 10.0. The second-order valence-corrected chi connectivity index (χ2v) is 9.86. The fourth-order valence-electron chi connectivity index (χ4n) is 3.97. The number of hydrogen-bond acceptors (Lipinski definition) is 2. The lowest BCUT2D eigenvalue weighted by molar-refractivity contribution is -0.138. The molecular weight excluding hydrogens is 441 g/mol. The van der Waals surface area contributed by atoms with Gasteiger partial charge in [0.15, 0.2) is 0 Å². The van der Waals surface area contributed by atoms with E-state index < -0.39 is 31.4 Å². The van der Waals surface area contributed by atoms with Crippen molar-refractivity contribution >= 4 is 18.5 Å². The van der Waals surface area contributed by atoms with Crippen LogP contribution in [0.25, 0.3) is 0 Å². The summed E-state index contributed by atoms with van der Waals surface area (Å²) in [6, 6.07) is 6.74. The summed E-state index contributed by atoms with van der Waals surface area (Å²) in [6.07, 6.45) is -4.35. The maximum absolute atomic E-state index is 13.2. The largest absolute Gasteiger partial charge is 0.496 e. The van der Waals surface area contributed by atoms with Crippen LogP contribution >= 0.6 is 7.92 Å². The number of halogens is 6. The molecule has 2 aromatic carbocycles. The molecule has 170 valence electrons. The molecule has 2 aromatic rings. The van der Waals surface area contributed by atoms with Crippen LogP contribution in [0.5, 0.6) is 11.5 Å². The van der Waals surface area contributed by atoms with Gasteiger partial charge in [-0.3, -0.25) is 0 Å². The van der Waals surface area contributed by atoms with Crippen molar-refractivity contribution in [2.75, 3.05) is 14.2 Å². The summed E-state index contributed by atoms with van der Waals surface area (Å²) in [5.41, 5.74) is -1.54. The van der Waals surface area contributed by atoms with Crippen LogP contribution in [0, 0.1) is 0 Å². The number of ether oxygens (including phenoxy) is 2.